The molecule has 13 heavy (non-hydrogen) atoms. The van der Waals surface area contributed by atoms with Crippen molar-refractivity contribution in [3.8, 4) is 0 Å². The first-order valence-electron chi connectivity index (χ1n) is 3.95. The minimum atomic E-state index is -0.0504. The largest absolute Gasteiger partial charge is 0.204 e. The standard InChI is InChI=1S/C10H9FS2/c1-6-4-3-5-7-8(6)9(11)10(12-2)13-7/h3-5H,1-2H3. The molecule has 0 saturated heterocycles. The summed E-state index contributed by atoms with van der Waals surface area (Å²) in [5.74, 6) is -0.0504. The zero-order chi connectivity index (χ0) is 9.42. The first-order valence-corrected chi connectivity index (χ1v) is 5.99. The molecular weight excluding hydrogens is 203 g/mol. The van der Waals surface area contributed by atoms with Gasteiger partial charge in [-0.05, 0) is 24.8 Å². The van der Waals surface area contributed by atoms with Crippen LogP contribution < -0.4 is 0 Å². The van der Waals surface area contributed by atoms with Gasteiger partial charge in [-0.2, -0.15) is 0 Å². The molecule has 2 rings (SSSR count). The smallest absolute Gasteiger partial charge is 0.155 e. The number of halogens is 1. The Morgan fingerprint density at radius 3 is 2.77 bits per heavy atom. The fourth-order valence-corrected chi connectivity index (χ4v) is 3.16. The van der Waals surface area contributed by atoms with E-state index >= 15 is 0 Å². The summed E-state index contributed by atoms with van der Waals surface area (Å²) in [5, 5.41) is 0.789. The average molecular weight is 212 g/mol. The Hall–Kier alpha value is -0.540. The molecule has 68 valence electrons. The molecule has 0 bridgehead atoms. The lowest BCUT2D eigenvalue weighted by atomic mass is 10.1. The van der Waals surface area contributed by atoms with E-state index in [9.17, 15) is 4.39 Å². The average Bonchev–Trinajstić information content (AvgIpc) is 2.44. The molecule has 0 aliphatic carbocycles. The van der Waals surface area contributed by atoms with Gasteiger partial charge < -0.3 is 0 Å². The van der Waals surface area contributed by atoms with Crippen LogP contribution in [0.1, 0.15) is 5.56 Å². The van der Waals surface area contributed by atoms with Gasteiger partial charge in [-0.25, -0.2) is 4.39 Å². The van der Waals surface area contributed by atoms with Crippen LogP contribution in [0, 0.1) is 12.7 Å². The molecule has 0 unspecified atom stereocenters. The quantitative estimate of drug-likeness (QED) is 0.642. The van der Waals surface area contributed by atoms with E-state index in [-0.39, 0.29) is 5.82 Å². The predicted molar refractivity (Wildman–Crippen MR) is 58.3 cm³/mol. The van der Waals surface area contributed by atoms with E-state index in [0.717, 1.165) is 19.9 Å². The lowest BCUT2D eigenvalue weighted by Crippen LogP contribution is -1.76. The van der Waals surface area contributed by atoms with Gasteiger partial charge >= 0.3 is 0 Å². The second-order valence-electron chi connectivity index (χ2n) is 2.86. The summed E-state index contributed by atoms with van der Waals surface area (Å²) < 4.78 is 15.5. The summed E-state index contributed by atoms with van der Waals surface area (Å²) in [7, 11) is 0. The highest BCUT2D eigenvalue weighted by Gasteiger charge is 2.11. The zero-order valence-electron chi connectivity index (χ0n) is 7.43. The molecule has 0 N–H and O–H groups in total. The lowest BCUT2D eigenvalue weighted by molar-refractivity contribution is 0.623. The molecule has 1 heterocycles. The summed E-state index contributed by atoms with van der Waals surface area (Å²) >= 11 is 3.00. The Morgan fingerprint density at radius 2 is 2.15 bits per heavy atom. The first kappa shape index (κ1) is 9.03. The molecule has 0 aliphatic heterocycles. The molecule has 1 aromatic carbocycles. The number of fused-ring (bicyclic) bond motifs is 1. The monoisotopic (exact) mass is 212 g/mol. The van der Waals surface area contributed by atoms with Gasteiger partial charge in [0.1, 0.15) is 0 Å². The maximum absolute atomic E-state index is 13.7. The highest BCUT2D eigenvalue weighted by atomic mass is 32.2. The molecule has 1 aromatic heterocycles. The number of rotatable bonds is 1. The second-order valence-corrected chi connectivity index (χ2v) is 4.98. The summed E-state index contributed by atoms with van der Waals surface area (Å²) in [4.78, 5) is 0. The van der Waals surface area contributed by atoms with Crippen molar-refractivity contribution in [3.63, 3.8) is 0 Å². The van der Waals surface area contributed by atoms with Gasteiger partial charge in [0, 0.05) is 10.1 Å². The minimum Gasteiger partial charge on any atom is -0.204 e. The molecule has 0 atom stereocenters. The number of hydrogen-bond acceptors (Lipinski definition) is 2. The SMILES string of the molecule is CSc1sc2cccc(C)c2c1F. The summed E-state index contributed by atoms with van der Waals surface area (Å²) in [6.45, 7) is 1.95. The summed E-state index contributed by atoms with van der Waals surface area (Å²) in [5.41, 5.74) is 1.02. The van der Waals surface area contributed by atoms with Gasteiger partial charge in [-0.15, -0.1) is 23.1 Å². The van der Waals surface area contributed by atoms with Crippen LogP contribution in [0.3, 0.4) is 0 Å². The Bertz CT molecular complexity index is 445. The van der Waals surface area contributed by atoms with Crippen LogP contribution in [0.25, 0.3) is 10.1 Å². The fourth-order valence-electron chi connectivity index (χ4n) is 1.39. The maximum Gasteiger partial charge on any atom is 0.155 e. The molecule has 0 nitrogen and oxygen atoms in total. The third-order valence-electron chi connectivity index (χ3n) is 2.02. The Balaban J connectivity index is 2.85. The molecule has 0 radical (unpaired) electrons. The lowest BCUT2D eigenvalue weighted by Gasteiger charge is -1.94. The molecule has 0 aliphatic rings. The van der Waals surface area contributed by atoms with Crippen molar-refractivity contribution in [2.75, 3.05) is 6.26 Å². The van der Waals surface area contributed by atoms with Gasteiger partial charge in [0.25, 0.3) is 0 Å². The highest BCUT2D eigenvalue weighted by molar-refractivity contribution is 8.00. The molecule has 0 spiro atoms. The van der Waals surface area contributed by atoms with Crippen molar-refractivity contribution in [3.05, 3.63) is 29.6 Å². The Labute approximate surface area is 84.8 Å². The van der Waals surface area contributed by atoms with Crippen molar-refractivity contribution in [1.29, 1.82) is 0 Å². The van der Waals surface area contributed by atoms with Crippen molar-refractivity contribution in [2.45, 2.75) is 11.1 Å². The van der Waals surface area contributed by atoms with Gasteiger partial charge in [-0.1, -0.05) is 12.1 Å². The minimum absolute atomic E-state index is 0.0504. The first-order chi connectivity index (χ1) is 6.24. The van der Waals surface area contributed by atoms with E-state index in [2.05, 4.69) is 0 Å². The van der Waals surface area contributed by atoms with E-state index in [1.165, 1.54) is 23.1 Å². The van der Waals surface area contributed by atoms with Gasteiger partial charge in [-0.3, -0.25) is 0 Å². The molecule has 0 fully saturated rings. The number of hydrogen-bond donors (Lipinski definition) is 0. The third-order valence-corrected chi connectivity index (χ3v) is 4.25. The van der Waals surface area contributed by atoms with Crippen molar-refractivity contribution < 1.29 is 4.39 Å². The third kappa shape index (κ3) is 1.36. The van der Waals surface area contributed by atoms with Crippen LogP contribution in [-0.2, 0) is 0 Å². The molecule has 2 aromatic rings. The second kappa shape index (κ2) is 3.31. The van der Waals surface area contributed by atoms with Crippen LogP contribution in [0.4, 0.5) is 4.39 Å². The van der Waals surface area contributed by atoms with Crippen LogP contribution in [0.5, 0.6) is 0 Å². The van der Waals surface area contributed by atoms with E-state index in [0.29, 0.717) is 0 Å². The topological polar surface area (TPSA) is 0 Å². The van der Waals surface area contributed by atoms with Gasteiger partial charge in [0.2, 0.25) is 0 Å². The number of benzene rings is 1. The zero-order valence-corrected chi connectivity index (χ0v) is 9.06. The maximum atomic E-state index is 13.7. The van der Waals surface area contributed by atoms with Crippen molar-refractivity contribution in [2.24, 2.45) is 0 Å². The van der Waals surface area contributed by atoms with Crippen LogP contribution in [0.15, 0.2) is 22.4 Å². The van der Waals surface area contributed by atoms with E-state index < -0.39 is 0 Å². The van der Waals surface area contributed by atoms with E-state index in [1.54, 1.807) is 0 Å². The fraction of sp³-hybridized carbons (Fsp3) is 0.200. The number of aryl methyl sites for hydroxylation is 1. The van der Waals surface area contributed by atoms with E-state index in [1.807, 2.05) is 31.4 Å². The highest BCUT2D eigenvalue weighted by Crippen LogP contribution is 2.36. The normalized spacial score (nSPS) is 11.0. The van der Waals surface area contributed by atoms with E-state index in [4.69, 9.17) is 0 Å². The Kier molecular flexibility index (Phi) is 2.30. The number of thiophene rings is 1. The Morgan fingerprint density at radius 1 is 1.38 bits per heavy atom. The van der Waals surface area contributed by atoms with Gasteiger partial charge in [0.15, 0.2) is 5.82 Å². The van der Waals surface area contributed by atoms with Crippen molar-refractivity contribution in [1.82, 2.24) is 0 Å². The number of thioether (sulfide) groups is 1. The molecule has 0 amide bonds. The van der Waals surface area contributed by atoms with Gasteiger partial charge in [0.05, 0.1) is 4.21 Å². The molecule has 3 heteroatoms. The van der Waals surface area contributed by atoms with Crippen molar-refractivity contribution >= 4 is 33.2 Å². The van der Waals surface area contributed by atoms with Crippen LogP contribution in [0.2, 0.25) is 0 Å². The van der Waals surface area contributed by atoms with Crippen LogP contribution >= 0.6 is 23.1 Å². The summed E-state index contributed by atoms with van der Waals surface area (Å²) in [6, 6.07) is 5.88. The molecule has 0 saturated carbocycles. The van der Waals surface area contributed by atoms with Crippen LogP contribution in [-0.4, -0.2) is 6.26 Å². The predicted octanol–water partition coefficient (Wildman–Crippen LogP) is 4.07. The molecular formula is C10H9FS2. The summed E-state index contributed by atoms with van der Waals surface area (Å²) in [6.07, 6.45) is 1.91.